The largest absolute Gasteiger partial charge is 0.509 e. The van der Waals surface area contributed by atoms with Crippen LogP contribution in [0.2, 0.25) is 0 Å². The van der Waals surface area contributed by atoms with Gasteiger partial charge in [0.15, 0.2) is 18.0 Å². The minimum absolute atomic E-state index is 0. The van der Waals surface area contributed by atoms with E-state index in [4.69, 9.17) is 9.72 Å². The minimum atomic E-state index is -0.0810. The van der Waals surface area contributed by atoms with Crippen LogP contribution in [0.4, 0.5) is 22.7 Å². The Hall–Kier alpha value is -7.08. The van der Waals surface area contributed by atoms with Crippen LogP contribution in [-0.4, -0.2) is 20.8 Å². The molecule has 3 aliphatic rings. The van der Waals surface area contributed by atoms with Crippen molar-refractivity contribution in [1.82, 2.24) is 23.1 Å². The molecule has 0 spiro atoms. The van der Waals surface area contributed by atoms with E-state index >= 15 is 0 Å². The molecule has 8 aromatic carbocycles. The third-order valence-corrected chi connectivity index (χ3v) is 16.5. The Morgan fingerprint density at radius 1 is 0.500 bits per heavy atom. The number of benzene rings is 8. The molecule has 0 aliphatic carbocycles. The summed E-state index contributed by atoms with van der Waals surface area (Å²) in [6.07, 6.45) is 1.94. The molecule has 2 atom stereocenters. The van der Waals surface area contributed by atoms with Crippen molar-refractivity contribution in [3.05, 3.63) is 217 Å². The molecule has 1 fully saturated rings. The molecule has 6 nitrogen and oxygen atoms in total. The Morgan fingerprint density at radius 3 is 1.69 bits per heavy atom. The summed E-state index contributed by atoms with van der Waals surface area (Å²) >= 11 is 0. The number of aromatic nitrogens is 3. The third kappa shape index (κ3) is 8.12. The first kappa shape index (κ1) is 51.7. The Bertz CT molecular complexity index is 4110. The van der Waals surface area contributed by atoms with Crippen molar-refractivity contribution in [2.24, 2.45) is 0 Å². The van der Waals surface area contributed by atoms with Crippen LogP contribution in [0.3, 0.4) is 0 Å². The summed E-state index contributed by atoms with van der Waals surface area (Å²) in [6.45, 7) is 31.0. The van der Waals surface area contributed by atoms with Gasteiger partial charge in [0.05, 0.1) is 17.7 Å². The van der Waals surface area contributed by atoms with Crippen molar-refractivity contribution < 1.29 is 25.8 Å². The second-order valence-corrected chi connectivity index (χ2v) is 25.9. The number of quaternary nitrogens is 2. The van der Waals surface area contributed by atoms with Crippen molar-refractivity contribution in [1.29, 1.82) is 0 Å². The molecule has 6 heterocycles. The topological polar surface area (TPSA) is 32.0 Å². The van der Waals surface area contributed by atoms with Crippen LogP contribution in [0.1, 0.15) is 105 Å². The maximum Gasteiger partial charge on any atom is 0.187 e. The van der Waals surface area contributed by atoms with Gasteiger partial charge in [0.25, 0.3) is 0 Å². The Kier molecular flexibility index (Phi) is 11.9. The van der Waals surface area contributed by atoms with Gasteiger partial charge in [-0.15, -0.1) is 24.3 Å². The van der Waals surface area contributed by atoms with Gasteiger partial charge >= 0.3 is 0 Å². The number of rotatable bonds is 7. The SMILES string of the molecule is CC(C)(C)c1cccc(-c2cccc3c2[N@@+]2(c4cc(C(C)(C)C)cc(C(C)(C)C)c4)[CH-][N@+]3(c3[c-]c(Oc4[c-]c5c(c(-n6c7ccccc7c7ccccc76)c4)c4ccccc4n5-c4cc(C(C)(C)C)ccn4)ccc3)C2)c1.[Pt]. The number of hydrogen-bond acceptors (Lipinski definition) is 2. The fourth-order valence-corrected chi connectivity index (χ4v) is 12.3. The Labute approximate surface area is 475 Å². The van der Waals surface area contributed by atoms with Crippen molar-refractivity contribution in [2.45, 2.75) is 105 Å². The monoisotopic (exact) mass is 1200 g/mol. The first-order chi connectivity index (χ1) is 36.6. The van der Waals surface area contributed by atoms with Gasteiger partial charge in [0.1, 0.15) is 11.5 Å². The molecule has 0 unspecified atom stereocenters. The van der Waals surface area contributed by atoms with E-state index < -0.39 is 0 Å². The molecule has 394 valence electrons. The first-order valence-corrected chi connectivity index (χ1v) is 27.3. The van der Waals surface area contributed by atoms with Crippen molar-refractivity contribution in [3.63, 3.8) is 0 Å². The van der Waals surface area contributed by atoms with Gasteiger partial charge in [-0.1, -0.05) is 191 Å². The molecule has 3 aliphatic heterocycles. The van der Waals surface area contributed by atoms with E-state index in [1.165, 1.54) is 61.2 Å². The molecule has 14 rings (SSSR count). The van der Waals surface area contributed by atoms with E-state index in [1.54, 1.807) is 0 Å². The van der Waals surface area contributed by atoms with Gasteiger partial charge < -0.3 is 18.4 Å². The normalized spacial score (nSPS) is 17.4. The van der Waals surface area contributed by atoms with Gasteiger partial charge in [0, 0.05) is 84.5 Å². The van der Waals surface area contributed by atoms with Crippen LogP contribution in [0.25, 0.3) is 66.2 Å². The van der Waals surface area contributed by atoms with Gasteiger partial charge in [-0.05, 0) is 96.9 Å². The second kappa shape index (κ2) is 18.0. The van der Waals surface area contributed by atoms with E-state index in [9.17, 15) is 0 Å². The quantitative estimate of drug-likeness (QED) is 0.118. The molecule has 0 amide bonds. The Balaban J connectivity index is 0.00000609. The van der Waals surface area contributed by atoms with E-state index in [2.05, 4.69) is 275 Å². The van der Waals surface area contributed by atoms with E-state index in [0.29, 0.717) is 20.5 Å². The molecule has 3 aromatic heterocycles. The summed E-state index contributed by atoms with van der Waals surface area (Å²) in [6, 6.07) is 70.3. The van der Waals surface area contributed by atoms with Crippen LogP contribution in [0, 0.1) is 18.8 Å². The van der Waals surface area contributed by atoms with Crippen LogP contribution in [0.5, 0.6) is 11.5 Å². The average Bonchev–Trinajstić information content (AvgIpc) is 2.36. The molecule has 0 N–H and O–H groups in total. The maximum absolute atomic E-state index is 7.23. The predicted molar refractivity (Wildman–Crippen MR) is 322 cm³/mol. The molecular formula is C71H68N5OPt-. The standard InChI is InChI=1S/C71H68N5O.Pt/c1-68(2,3)47-23-19-22-46(36-47)55-29-21-33-64-67(55)76(52-38-49(70(7,8)9)37-50(39-52)71(10,11)12)44-75(64,45-76)51-24-20-25-53(41-51)77-54-42-62(73-59-30-16-13-26-56(59)57-27-14-17-31-60(57)73)66-58-28-15-18-32-61(58)74(63(66)43-54)65-40-48(34-35-72-65)69(4,5)6;/h13-40,42,44H,45H2,1-12H3;/q-1;/t75-,76+;/m1./s1. The summed E-state index contributed by atoms with van der Waals surface area (Å²) in [7, 11) is 0. The average molecular weight is 1200 g/mol. The molecule has 2 bridgehead atoms. The molecule has 1 saturated heterocycles. The fourth-order valence-electron chi connectivity index (χ4n) is 12.3. The molecule has 0 radical (unpaired) electrons. The zero-order valence-electron chi connectivity index (χ0n) is 47.0. The number of fused-ring (bicyclic) bond motifs is 6. The summed E-state index contributed by atoms with van der Waals surface area (Å²) in [4.78, 5) is 5.07. The van der Waals surface area contributed by atoms with Crippen molar-refractivity contribution in [3.8, 4) is 34.1 Å². The zero-order valence-corrected chi connectivity index (χ0v) is 49.3. The molecule has 11 aromatic rings. The Morgan fingerprint density at radius 2 is 1.06 bits per heavy atom. The van der Waals surface area contributed by atoms with Crippen LogP contribution in [0.15, 0.2) is 176 Å². The van der Waals surface area contributed by atoms with Crippen LogP contribution < -0.4 is 13.7 Å². The van der Waals surface area contributed by atoms with Crippen LogP contribution >= 0.6 is 0 Å². The number of nitrogens with zero attached hydrogens (tertiary/aromatic N) is 5. The van der Waals surface area contributed by atoms with Gasteiger partial charge in [-0.25, -0.2) is 4.98 Å². The summed E-state index contributed by atoms with van der Waals surface area (Å²) in [5, 5.41) is 4.58. The maximum atomic E-state index is 7.23. The van der Waals surface area contributed by atoms with Gasteiger partial charge in [0.2, 0.25) is 0 Å². The molecule has 78 heavy (non-hydrogen) atoms. The summed E-state index contributed by atoms with van der Waals surface area (Å²) in [5.74, 6) is 2.05. The van der Waals surface area contributed by atoms with E-state index in [0.717, 1.165) is 56.7 Å². The van der Waals surface area contributed by atoms with Gasteiger partial charge in [-0.3, -0.25) is 4.48 Å². The zero-order chi connectivity index (χ0) is 53.6. The predicted octanol–water partition coefficient (Wildman–Crippen LogP) is 18.9. The fraction of sp³-hybridized carbons (Fsp3) is 0.239. The summed E-state index contributed by atoms with van der Waals surface area (Å²) in [5.41, 5.74) is 17.6. The molecular weight excluding hydrogens is 1130 g/mol. The number of hydrogen-bond donors (Lipinski definition) is 0. The van der Waals surface area contributed by atoms with Crippen molar-refractivity contribution in [2.75, 3.05) is 6.67 Å². The molecule has 7 heteroatoms. The number of para-hydroxylation sites is 4. The van der Waals surface area contributed by atoms with Gasteiger partial charge in [-0.2, -0.15) is 6.07 Å². The first-order valence-electron chi connectivity index (χ1n) is 27.3. The molecule has 0 saturated carbocycles. The number of ether oxygens (including phenoxy) is 1. The van der Waals surface area contributed by atoms with E-state index in [1.807, 2.05) is 12.3 Å². The van der Waals surface area contributed by atoms with Crippen LogP contribution in [-0.2, 0) is 42.7 Å². The smallest absolute Gasteiger partial charge is 0.187 e. The van der Waals surface area contributed by atoms with Crippen molar-refractivity contribution >= 4 is 66.4 Å². The summed E-state index contributed by atoms with van der Waals surface area (Å²) < 4.78 is 13.1. The van der Waals surface area contributed by atoms with E-state index in [-0.39, 0.29) is 42.7 Å². The number of pyridine rings is 1. The minimum Gasteiger partial charge on any atom is -0.509 e. The third-order valence-electron chi connectivity index (χ3n) is 16.5. The second-order valence-electron chi connectivity index (χ2n) is 25.9.